The minimum Gasteiger partial charge on any atom is -0.493 e. The van der Waals surface area contributed by atoms with Crippen LogP contribution in [0.4, 0.5) is 0 Å². The van der Waals surface area contributed by atoms with Gasteiger partial charge in [-0.05, 0) is 17.7 Å². The minimum absolute atomic E-state index is 0.257. The Morgan fingerprint density at radius 3 is 2.50 bits per heavy atom. The van der Waals surface area contributed by atoms with Gasteiger partial charge in [-0.2, -0.15) is 0 Å². The highest BCUT2D eigenvalue weighted by molar-refractivity contribution is 5.69. The lowest BCUT2D eigenvalue weighted by Gasteiger charge is -2.09. The second kappa shape index (κ2) is 7.71. The van der Waals surface area contributed by atoms with Crippen molar-refractivity contribution in [3.05, 3.63) is 29.8 Å². The molecular weight excluding hydrogens is 230 g/mol. The molecule has 0 atom stereocenters. The predicted molar refractivity (Wildman–Crippen MR) is 70.5 cm³/mol. The molecule has 1 rings (SSSR count). The van der Waals surface area contributed by atoms with Crippen LogP contribution >= 0.6 is 0 Å². The third kappa shape index (κ3) is 5.68. The molecule has 0 aliphatic rings. The molecule has 100 valence electrons. The van der Waals surface area contributed by atoms with Crippen molar-refractivity contribution < 1.29 is 14.3 Å². The highest BCUT2D eigenvalue weighted by Gasteiger charge is 2.01. The van der Waals surface area contributed by atoms with Gasteiger partial charge >= 0.3 is 5.97 Å². The summed E-state index contributed by atoms with van der Waals surface area (Å²) >= 11 is 0. The standard InChI is InChI=1S/C14H21NO3/c1-11(2)15-10-12-4-6-13(7-5-12)18-9-8-14(16)17-3/h4-7,11,15H,8-10H2,1-3H3. The van der Waals surface area contributed by atoms with Crippen LogP contribution in [0.1, 0.15) is 25.8 Å². The summed E-state index contributed by atoms with van der Waals surface area (Å²) in [5.74, 6) is 0.514. The highest BCUT2D eigenvalue weighted by atomic mass is 16.5. The number of esters is 1. The molecule has 0 aromatic heterocycles. The van der Waals surface area contributed by atoms with E-state index in [0.717, 1.165) is 12.3 Å². The van der Waals surface area contributed by atoms with Gasteiger partial charge in [0.05, 0.1) is 20.1 Å². The van der Waals surface area contributed by atoms with Gasteiger partial charge in [0.1, 0.15) is 5.75 Å². The Hall–Kier alpha value is -1.55. The predicted octanol–water partition coefficient (Wildman–Crippen LogP) is 2.13. The maximum atomic E-state index is 10.9. The van der Waals surface area contributed by atoms with Crippen molar-refractivity contribution >= 4 is 5.97 Å². The number of hydrogen-bond acceptors (Lipinski definition) is 4. The molecule has 4 nitrogen and oxygen atoms in total. The van der Waals surface area contributed by atoms with Gasteiger partial charge in [-0.1, -0.05) is 26.0 Å². The number of benzene rings is 1. The van der Waals surface area contributed by atoms with Crippen LogP contribution in [0.5, 0.6) is 5.75 Å². The summed E-state index contributed by atoms with van der Waals surface area (Å²) in [6.45, 7) is 5.42. The summed E-state index contributed by atoms with van der Waals surface area (Å²) in [7, 11) is 1.37. The Labute approximate surface area is 108 Å². The first-order valence-electron chi connectivity index (χ1n) is 6.13. The summed E-state index contributed by atoms with van der Waals surface area (Å²) < 4.78 is 9.97. The van der Waals surface area contributed by atoms with E-state index in [1.165, 1.54) is 12.7 Å². The molecule has 0 fully saturated rings. The first kappa shape index (κ1) is 14.5. The fraction of sp³-hybridized carbons (Fsp3) is 0.500. The number of hydrogen-bond donors (Lipinski definition) is 1. The number of methoxy groups -OCH3 is 1. The van der Waals surface area contributed by atoms with Gasteiger partial charge in [-0.25, -0.2) is 0 Å². The van der Waals surface area contributed by atoms with E-state index in [0.29, 0.717) is 12.6 Å². The van der Waals surface area contributed by atoms with Gasteiger partial charge in [-0.3, -0.25) is 4.79 Å². The maximum absolute atomic E-state index is 10.9. The van der Waals surface area contributed by atoms with E-state index in [1.54, 1.807) is 0 Å². The lowest BCUT2D eigenvalue weighted by Crippen LogP contribution is -2.21. The van der Waals surface area contributed by atoms with Crippen LogP contribution in [0, 0.1) is 0 Å². The fourth-order valence-electron chi connectivity index (χ4n) is 1.38. The van der Waals surface area contributed by atoms with Gasteiger partial charge in [0.25, 0.3) is 0 Å². The molecule has 1 aromatic rings. The van der Waals surface area contributed by atoms with Crippen molar-refractivity contribution in [3.63, 3.8) is 0 Å². The van der Waals surface area contributed by atoms with Gasteiger partial charge in [0.2, 0.25) is 0 Å². The van der Waals surface area contributed by atoms with Gasteiger partial charge in [0, 0.05) is 12.6 Å². The SMILES string of the molecule is COC(=O)CCOc1ccc(CNC(C)C)cc1. The molecule has 1 N–H and O–H groups in total. The fourth-order valence-corrected chi connectivity index (χ4v) is 1.38. The molecular formula is C14H21NO3. The smallest absolute Gasteiger partial charge is 0.308 e. The van der Waals surface area contributed by atoms with Crippen LogP contribution < -0.4 is 10.1 Å². The molecule has 0 amide bonds. The molecule has 0 aliphatic heterocycles. The van der Waals surface area contributed by atoms with Crippen molar-refractivity contribution in [3.8, 4) is 5.75 Å². The van der Waals surface area contributed by atoms with E-state index >= 15 is 0 Å². The molecule has 0 aliphatic carbocycles. The Balaban J connectivity index is 2.33. The zero-order valence-electron chi connectivity index (χ0n) is 11.2. The van der Waals surface area contributed by atoms with Crippen molar-refractivity contribution in [2.45, 2.75) is 32.9 Å². The van der Waals surface area contributed by atoms with Crippen molar-refractivity contribution in [1.29, 1.82) is 0 Å². The van der Waals surface area contributed by atoms with Crippen LogP contribution in [-0.4, -0.2) is 25.7 Å². The van der Waals surface area contributed by atoms with Gasteiger partial charge in [-0.15, -0.1) is 0 Å². The summed E-state index contributed by atoms with van der Waals surface area (Å²) in [4.78, 5) is 10.9. The van der Waals surface area contributed by atoms with E-state index in [9.17, 15) is 4.79 Å². The Morgan fingerprint density at radius 2 is 1.94 bits per heavy atom. The van der Waals surface area contributed by atoms with E-state index in [2.05, 4.69) is 23.9 Å². The average molecular weight is 251 g/mol. The molecule has 18 heavy (non-hydrogen) atoms. The highest BCUT2D eigenvalue weighted by Crippen LogP contribution is 2.12. The van der Waals surface area contributed by atoms with Crippen LogP contribution in [-0.2, 0) is 16.1 Å². The lowest BCUT2D eigenvalue weighted by atomic mass is 10.2. The number of nitrogens with one attached hydrogen (secondary N) is 1. The Bertz CT molecular complexity index is 360. The molecule has 0 heterocycles. The second-order valence-electron chi connectivity index (χ2n) is 4.35. The molecule has 0 unspecified atom stereocenters. The first-order valence-corrected chi connectivity index (χ1v) is 6.13. The summed E-state index contributed by atoms with van der Waals surface area (Å²) in [6, 6.07) is 8.33. The topological polar surface area (TPSA) is 47.6 Å². The van der Waals surface area contributed by atoms with E-state index in [-0.39, 0.29) is 12.4 Å². The quantitative estimate of drug-likeness (QED) is 0.754. The van der Waals surface area contributed by atoms with E-state index in [1.807, 2.05) is 24.3 Å². The molecule has 0 saturated carbocycles. The molecule has 0 radical (unpaired) electrons. The number of carbonyl (C=O) groups is 1. The van der Waals surface area contributed by atoms with Crippen molar-refractivity contribution in [2.75, 3.05) is 13.7 Å². The third-order valence-corrected chi connectivity index (χ3v) is 2.44. The minimum atomic E-state index is -0.257. The van der Waals surface area contributed by atoms with Crippen LogP contribution in [0.3, 0.4) is 0 Å². The third-order valence-electron chi connectivity index (χ3n) is 2.44. The van der Waals surface area contributed by atoms with Crippen LogP contribution in [0.15, 0.2) is 24.3 Å². The number of ether oxygens (including phenoxy) is 2. The van der Waals surface area contributed by atoms with Crippen molar-refractivity contribution in [1.82, 2.24) is 5.32 Å². The summed E-state index contributed by atoms with van der Waals surface area (Å²) in [5.41, 5.74) is 1.21. The largest absolute Gasteiger partial charge is 0.493 e. The lowest BCUT2D eigenvalue weighted by molar-refractivity contribution is -0.141. The maximum Gasteiger partial charge on any atom is 0.308 e. The second-order valence-corrected chi connectivity index (χ2v) is 4.35. The molecule has 0 bridgehead atoms. The average Bonchev–Trinajstić information content (AvgIpc) is 2.37. The number of carbonyl (C=O) groups excluding carboxylic acids is 1. The monoisotopic (exact) mass is 251 g/mol. The Kier molecular flexibility index (Phi) is 6.22. The normalized spacial score (nSPS) is 10.4. The van der Waals surface area contributed by atoms with Crippen LogP contribution in [0.2, 0.25) is 0 Å². The first-order chi connectivity index (χ1) is 8.61. The molecule has 1 aromatic carbocycles. The van der Waals surface area contributed by atoms with E-state index in [4.69, 9.17) is 4.74 Å². The molecule has 0 spiro atoms. The van der Waals surface area contributed by atoms with Gasteiger partial charge in [0.15, 0.2) is 0 Å². The van der Waals surface area contributed by atoms with Crippen molar-refractivity contribution in [2.24, 2.45) is 0 Å². The van der Waals surface area contributed by atoms with Gasteiger partial charge < -0.3 is 14.8 Å². The van der Waals surface area contributed by atoms with Crippen LogP contribution in [0.25, 0.3) is 0 Å². The molecule has 0 saturated heterocycles. The van der Waals surface area contributed by atoms with E-state index < -0.39 is 0 Å². The molecule has 4 heteroatoms. The Morgan fingerprint density at radius 1 is 1.28 bits per heavy atom. The number of rotatable bonds is 7. The summed E-state index contributed by atoms with van der Waals surface area (Å²) in [6.07, 6.45) is 0.271. The summed E-state index contributed by atoms with van der Waals surface area (Å²) in [5, 5.41) is 3.34. The zero-order chi connectivity index (χ0) is 13.4. The zero-order valence-corrected chi connectivity index (χ0v) is 11.2.